The van der Waals surface area contributed by atoms with Crippen LogP contribution < -0.4 is 5.73 Å². The maximum atomic E-state index is 12.3. The molecule has 1 aliphatic heterocycles. The van der Waals surface area contributed by atoms with Gasteiger partial charge in [0.05, 0.1) is 0 Å². The smallest absolute Gasteiger partial charge is 0.222 e. The highest BCUT2D eigenvalue weighted by Gasteiger charge is 2.38. The molecule has 20 heavy (non-hydrogen) atoms. The van der Waals surface area contributed by atoms with Gasteiger partial charge in [0.2, 0.25) is 5.91 Å². The minimum atomic E-state index is 0.317. The molecule has 1 saturated carbocycles. The van der Waals surface area contributed by atoms with Gasteiger partial charge in [0.1, 0.15) is 0 Å². The number of hydrogen-bond acceptors (Lipinski definition) is 2. The molecule has 2 fully saturated rings. The molecule has 3 atom stereocenters. The molecule has 1 amide bonds. The minimum absolute atomic E-state index is 0.317. The average molecular weight is 272 g/mol. The van der Waals surface area contributed by atoms with Crippen LogP contribution in [0.25, 0.3) is 0 Å². The number of nitrogens with two attached hydrogens (primary N) is 1. The largest absolute Gasteiger partial charge is 0.342 e. The van der Waals surface area contributed by atoms with Crippen LogP contribution in [0.3, 0.4) is 0 Å². The van der Waals surface area contributed by atoms with Gasteiger partial charge < -0.3 is 10.6 Å². The normalized spacial score (nSPS) is 29.2. The monoisotopic (exact) mass is 272 g/mol. The van der Waals surface area contributed by atoms with Gasteiger partial charge >= 0.3 is 0 Å². The molecule has 3 heteroatoms. The van der Waals surface area contributed by atoms with Crippen LogP contribution in [0.15, 0.2) is 30.3 Å². The molecule has 1 heterocycles. The molecule has 2 N–H and O–H groups in total. The molecule has 0 spiro atoms. The van der Waals surface area contributed by atoms with Gasteiger partial charge in [0.15, 0.2) is 0 Å². The first kappa shape index (κ1) is 13.6. The summed E-state index contributed by atoms with van der Waals surface area (Å²) in [5, 5.41) is 0. The van der Waals surface area contributed by atoms with Crippen molar-refractivity contribution in [2.24, 2.45) is 17.6 Å². The maximum absolute atomic E-state index is 12.3. The zero-order chi connectivity index (χ0) is 13.9. The fourth-order valence-electron chi connectivity index (χ4n) is 3.73. The molecule has 3 nitrogen and oxygen atoms in total. The Kier molecular flexibility index (Phi) is 4.06. The van der Waals surface area contributed by atoms with Gasteiger partial charge in [-0.2, -0.15) is 0 Å². The van der Waals surface area contributed by atoms with Crippen LogP contribution >= 0.6 is 0 Å². The predicted octanol–water partition coefficient (Wildman–Crippen LogP) is 2.21. The average Bonchev–Trinajstić information content (AvgIpc) is 2.89. The molecule has 1 saturated heterocycles. The van der Waals surface area contributed by atoms with Gasteiger partial charge in [-0.1, -0.05) is 30.3 Å². The van der Waals surface area contributed by atoms with Crippen LogP contribution in [0.4, 0.5) is 0 Å². The van der Waals surface area contributed by atoms with E-state index in [1.165, 1.54) is 12.0 Å². The van der Waals surface area contributed by atoms with Crippen molar-refractivity contribution in [2.75, 3.05) is 13.1 Å². The lowest BCUT2D eigenvalue weighted by atomic mass is 9.79. The highest BCUT2D eigenvalue weighted by molar-refractivity contribution is 5.76. The number of likely N-dealkylation sites (tertiary alicyclic amines) is 1. The van der Waals surface area contributed by atoms with Crippen LogP contribution in [0, 0.1) is 11.8 Å². The number of carbonyl (C=O) groups is 1. The SMILES string of the molecule is NC1CC[C@@H]2CN(C(=O)CCc3ccccc3)C[C@@H]2C1. The Morgan fingerprint density at radius 2 is 1.90 bits per heavy atom. The van der Waals surface area contributed by atoms with Gasteiger partial charge in [0.25, 0.3) is 0 Å². The van der Waals surface area contributed by atoms with E-state index in [1.54, 1.807) is 0 Å². The summed E-state index contributed by atoms with van der Waals surface area (Å²) in [5.74, 6) is 1.67. The fraction of sp³-hybridized carbons (Fsp3) is 0.588. The van der Waals surface area contributed by atoms with Crippen molar-refractivity contribution < 1.29 is 4.79 Å². The lowest BCUT2D eigenvalue weighted by molar-refractivity contribution is -0.130. The van der Waals surface area contributed by atoms with E-state index in [0.717, 1.165) is 32.4 Å². The van der Waals surface area contributed by atoms with Crippen LogP contribution in [0.2, 0.25) is 0 Å². The summed E-state index contributed by atoms with van der Waals surface area (Å²) >= 11 is 0. The van der Waals surface area contributed by atoms with Crippen molar-refractivity contribution in [3.63, 3.8) is 0 Å². The fourth-order valence-corrected chi connectivity index (χ4v) is 3.73. The van der Waals surface area contributed by atoms with E-state index in [0.29, 0.717) is 30.2 Å². The number of nitrogens with zero attached hydrogens (tertiary/aromatic N) is 1. The summed E-state index contributed by atoms with van der Waals surface area (Å²) < 4.78 is 0. The standard InChI is InChI=1S/C17H24N2O/c18-16-8-7-14-11-19(12-15(14)10-16)17(20)9-6-13-4-2-1-3-5-13/h1-5,14-16H,6-12,18H2/t14-,15+,16?/m1/s1. The van der Waals surface area contributed by atoms with Crippen LogP contribution in [-0.4, -0.2) is 29.9 Å². The Hall–Kier alpha value is -1.35. The summed E-state index contributed by atoms with van der Waals surface area (Å²) in [6.07, 6.45) is 4.93. The first-order valence-electron chi connectivity index (χ1n) is 7.79. The minimum Gasteiger partial charge on any atom is -0.342 e. The van der Waals surface area contributed by atoms with Crippen molar-refractivity contribution in [1.29, 1.82) is 0 Å². The Morgan fingerprint density at radius 1 is 1.15 bits per heavy atom. The number of benzene rings is 1. The van der Waals surface area contributed by atoms with Gasteiger partial charge in [-0.3, -0.25) is 4.79 Å². The van der Waals surface area contributed by atoms with Crippen molar-refractivity contribution in [1.82, 2.24) is 4.90 Å². The quantitative estimate of drug-likeness (QED) is 0.917. The highest BCUT2D eigenvalue weighted by Crippen LogP contribution is 2.35. The van der Waals surface area contributed by atoms with Crippen molar-refractivity contribution in [2.45, 2.75) is 38.1 Å². The Balaban J connectivity index is 1.51. The van der Waals surface area contributed by atoms with E-state index in [2.05, 4.69) is 17.0 Å². The highest BCUT2D eigenvalue weighted by atomic mass is 16.2. The Bertz CT molecular complexity index is 459. The maximum Gasteiger partial charge on any atom is 0.222 e. The second kappa shape index (κ2) is 5.96. The summed E-state index contributed by atoms with van der Waals surface area (Å²) in [5.41, 5.74) is 7.29. The molecule has 1 aliphatic carbocycles. The third-order valence-corrected chi connectivity index (χ3v) is 4.91. The zero-order valence-electron chi connectivity index (χ0n) is 12.0. The summed E-state index contributed by atoms with van der Waals surface area (Å²) in [6.45, 7) is 1.90. The Labute approximate surface area is 121 Å². The number of amides is 1. The van der Waals surface area contributed by atoms with E-state index >= 15 is 0 Å². The second-order valence-electron chi connectivity index (χ2n) is 6.38. The number of hydrogen-bond donors (Lipinski definition) is 1. The molecule has 108 valence electrons. The number of carbonyl (C=O) groups excluding carboxylic acids is 1. The lowest BCUT2D eigenvalue weighted by Gasteiger charge is -2.27. The van der Waals surface area contributed by atoms with E-state index in [9.17, 15) is 4.79 Å². The molecular weight excluding hydrogens is 248 g/mol. The molecule has 0 aromatic heterocycles. The van der Waals surface area contributed by atoms with Crippen molar-refractivity contribution in [3.8, 4) is 0 Å². The summed E-state index contributed by atoms with van der Waals surface area (Å²) in [4.78, 5) is 14.4. The molecule has 3 rings (SSSR count). The predicted molar refractivity (Wildman–Crippen MR) is 80.1 cm³/mol. The van der Waals surface area contributed by atoms with Gasteiger partial charge in [-0.15, -0.1) is 0 Å². The molecule has 2 aliphatic rings. The third-order valence-electron chi connectivity index (χ3n) is 4.91. The van der Waals surface area contributed by atoms with E-state index < -0.39 is 0 Å². The Morgan fingerprint density at radius 3 is 2.70 bits per heavy atom. The molecule has 0 bridgehead atoms. The topological polar surface area (TPSA) is 46.3 Å². The van der Waals surface area contributed by atoms with E-state index in [1.807, 2.05) is 18.2 Å². The van der Waals surface area contributed by atoms with E-state index in [-0.39, 0.29) is 0 Å². The first-order valence-corrected chi connectivity index (χ1v) is 7.79. The third kappa shape index (κ3) is 3.04. The van der Waals surface area contributed by atoms with Crippen LogP contribution in [0.5, 0.6) is 0 Å². The van der Waals surface area contributed by atoms with Gasteiger partial charge in [-0.25, -0.2) is 0 Å². The molecule has 1 aromatic carbocycles. The number of fused-ring (bicyclic) bond motifs is 1. The first-order chi connectivity index (χ1) is 9.72. The molecule has 1 unspecified atom stereocenters. The summed E-state index contributed by atoms with van der Waals surface area (Å²) in [6, 6.07) is 10.6. The van der Waals surface area contributed by atoms with Gasteiger partial charge in [-0.05, 0) is 43.1 Å². The number of aryl methyl sites for hydroxylation is 1. The van der Waals surface area contributed by atoms with Crippen LogP contribution in [-0.2, 0) is 11.2 Å². The van der Waals surface area contributed by atoms with E-state index in [4.69, 9.17) is 5.73 Å². The molecular formula is C17H24N2O. The van der Waals surface area contributed by atoms with Gasteiger partial charge in [0, 0.05) is 25.6 Å². The lowest BCUT2D eigenvalue weighted by Crippen LogP contribution is -2.32. The molecule has 1 aromatic rings. The van der Waals surface area contributed by atoms with Crippen molar-refractivity contribution in [3.05, 3.63) is 35.9 Å². The molecule has 0 radical (unpaired) electrons. The summed E-state index contributed by atoms with van der Waals surface area (Å²) in [7, 11) is 0. The number of rotatable bonds is 3. The zero-order valence-corrected chi connectivity index (χ0v) is 12.0. The second-order valence-corrected chi connectivity index (χ2v) is 6.38. The van der Waals surface area contributed by atoms with Crippen LogP contribution in [0.1, 0.15) is 31.2 Å². The van der Waals surface area contributed by atoms with Crippen molar-refractivity contribution >= 4 is 5.91 Å².